The summed E-state index contributed by atoms with van der Waals surface area (Å²) < 4.78 is 27.0. The number of nitrogens with one attached hydrogen (secondary N) is 2. The molecular weight excluding hydrogens is 410 g/mol. The van der Waals surface area contributed by atoms with E-state index < -0.39 is 10.0 Å². The van der Waals surface area contributed by atoms with Crippen LogP contribution in [0.1, 0.15) is 41.3 Å². The van der Waals surface area contributed by atoms with E-state index >= 15 is 0 Å². The zero-order chi connectivity index (χ0) is 22.3. The Morgan fingerprint density at radius 1 is 1.13 bits per heavy atom. The average molecular weight is 442 g/mol. The molecule has 0 unspecified atom stereocenters. The molecule has 7 heteroatoms. The third-order valence-corrected chi connectivity index (χ3v) is 7.07. The van der Waals surface area contributed by atoms with Crippen LogP contribution in [0.4, 0.5) is 0 Å². The second-order valence-corrected chi connectivity index (χ2v) is 9.85. The van der Waals surface area contributed by atoms with Crippen LogP contribution in [0.3, 0.4) is 0 Å². The number of hydrogen-bond donors (Lipinski definition) is 2. The quantitative estimate of drug-likeness (QED) is 0.585. The van der Waals surface area contributed by atoms with E-state index in [0.29, 0.717) is 12.1 Å². The van der Waals surface area contributed by atoms with Crippen molar-refractivity contribution in [1.82, 2.24) is 14.9 Å². The number of piperidine rings is 1. The Kier molecular flexibility index (Phi) is 8.01. The third kappa shape index (κ3) is 6.50. The highest BCUT2D eigenvalue weighted by molar-refractivity contribution is 7.89. The zero-order valence-electron chi connectivity index (χ0n) is 18.0. The normalized spacial score (nSPS) is 15.5. The molecule has 166 valence electrons. The van der Waals surface area contributed by atoms with Crippen molar-refractivity contribution in [2.24, 2.45) is 5.92 Å². The van der Waals surface area contributed by atoms with Gasteiger partial charge in [0.1, 0.15) is 0 Å². The fourth-order valence-electron chi connectivity index (χ4n) is 3.68. The molecule has 3 rings (SSSR count). The molecule has 0 saturated carbocycles. The summed E-state index contributed by atoms with van der Waals surface area (Å²) in [6.45, 7) is 9.41. The number of carbonyl (C=O) groups excluding carboxylic acids is 1. The number of nitrogens with zero attached hydrogens (tertiary/aromatic N) is 1. The standard InChI is InChI=1S/C24H31N3O3S/c1-3-13-26-31(29,30)23-10-6-9-20(16-23)24(28)25-17-21-7-4-5-8-22(21)18-27-14-11-19(2)12-15-27/h3-10,16,19,26H,1,11-15,17-18H2,2H3,(H,25,28). The maximum Gasteiger partial charge on any atom is 0.251 e. The number of hydrogen-bond acceptors (Lipinski definition) is 4. The molecule has 2 N–H and O–H groups in total. The van der Waals surface area contributed by atoms with Crippen molar-refractivity contribution in [2.75, 3.05) is 19.6 Å². The molecule has 1 saturated heterocycles. The number of amides is 1. The van der Waals surface area contributed by atoms with Gasteiger partial charge in [-0.15, -0.1) is 6.58 Å². The molecule has 1 amide bonds. The summed E-state index contributed by atoms with van der Waals surface area (Å²) in [5.74, 6) is 0.486. The van der Waals surface area contributed by atoms with E-state index in [2.05, 4.69) is 34.5 Å². The van der Waals surface area contributed by atoms with Crippen molar-refractivity contribution in [1.29, 1.82) is 0 Å². The van der Waals surface area contributed by atoms with Crippen LogP contribution in [-0.4, -0.2) is 38.9 Å². The van der Waals surface area contributed by atoms with Crippen molar-refractivity contribution >= 4 is 15.9 Å². The minimum atomic E-state index is -3.68. The van der Waals surface area contributed by atoms with Crippen molar-refractivity contribution in [3.63, 3.8) is 0 Å². The Labute approximate surface area is 185 Å². The van der Waals surface area contributed by atoms with E-state index in [0.717, 1.165) is 31.1 Å². The minimum absolute atomic E-state index is 0.0572. The molecule has 31 heavy (non-hydrogen) atoms. The van der Waals surface area contributed by atoms with E-state index in [1.165, 1.54) is 36.6 Å². The molecule has 2 aromatic carbocycles. The monoisotopic (exact) mass is 441 g/mol. The fourth-order valence-corrected chi connectivity index (χ4v) is 4.72. The molecule has 0 spiro atoms. The Bertz CT molecular complexity index is 1010. The number of benzene rings is 2. The predicted molar refractivity (Wildman–Crippen MR) is 123 cm³/mol. The van der Waals surface area contributed by atoms with Crippen LogP contribution >= 0.6 is 0 Å². The van der Waals surface area contributed by atoms with Gasteiger partial charge >= 0.3 is 0 Å². The largest absolute Gasteiger partial charge is 0.348 e. The predicted octanol–water partition coefficient (Wildman–Crippen LogP) is 3.31. The van der Waals surface area contributed by atoms with Gasteiger partial charge in [0, 0.05) is 25.2 Å². The Balaban J connectivity index is 1.65. The minimum Gasteiger partial charge on any atom is -0.348 e. The van der Waals surface area contributed by atoms with Gasteiger partial charge in [-0.2, -0.15) is 0 Å². The lowest BCUT2D eigenvalue weighted by Crippen LogP contribution is -2.33. The van der Waals surface area contributed by atoms with Crippen molar-refractivity contribution < 1.29 is 13.2 Å². The van der Waals surface area contributed by atoms with Gasteiger partial charge in [0.2, 0.25) is 10.0 Å². The first kappa shape index (κ1) is 23.2. The van der Waals surface area contributed by atoms with Crippen LogP contribution < -0.4 is 10.0 Å². The SMILES string of the molecule is C=CCNS(=O)(=O)c1cccc(C(=O)NCc2ccccc2CN2CCC(C)CC2)c1. The molecule has 0 radical (unpaired) electrons. The second kappa shape index (κ2) is 10.7. The van der Waals surface area contributed by atoms with Crippen LogP contribution in [0.15, 0.2) is 66.1 Å². The summed E-state index contributed by atoms with van der Waals surface area (Å²) in [5, 5.41) is 2.93. The fraction of sp³-hybridized carbons (Fsp3) is 0.375. The molecule has 6 nitrogen and oxygen atoms in total. The van der Waals surface area contributed by atoms with E-state index in [1.807, 2.05) is 18.2 Å². The molecular formula is C24H31N3O3S. The molecule has 2 aromatic rings. The molecule has 1 fully saturated rings. The first-order chi connectivity index (χ1) is 14.9. The Morgan fingerprint density at radius 2 is 1.84 bits per heavy atom. The Morgan fingerprint density at radius 3 is 2.55 bits per heavy atom. The van der Waals surface area contributed by atoms with Gasteiger partial charge in [0.25, 0.3) is 5.91 Å². The van der Waals surface area contributed by atoms with E-state index in [1.54, 1.807) is 12.1 Å². The summed E-state index contributed by atoms with van der Waals surface area (Å²) in [5.41, 5.74) is 2.59. The number of rotatable bonds is 9. The zero-order valence-corrected chi connectivity index (χ0v) is 18.8. The maximum atomic E-state index is 12.7. The molecule has 0 aromatic heterocycles. The van der Waals surface area contributed by atoms with Gasteiger partial charge < -0.3 is 5.32 Å². The summed E-state index contributed by atoms with van der Waals surface area (Å²) in [6, 6.07) is 14.2. The highest BCUT2D eigenvalue weighted by Gasteiger charge is 2.18. The lowest BCUT2D eigenvalue weighted by Gasteiger charge is -2.30. The summed E-state index contributed by atoms with van der Waals surface area (Å²) in [6.07, 6.45) is 3.91. The molecule has 0 bridgehead atoms. The highest BCUT2D eigenvalue weighted by atomic mass is 32.2. The van der Waals surface area contributed by atoms with Crippen molar-refractivity contribution in [3.05, 3.63) is 77.9 Å². The molecule has 0 atom stereocenters. The lowest BCUT2D eigenvalue weighted by molar-refractivity contribution is 0.0950. The van der Waals surface area contributed by atoms with E-state index in [4.69, 9.17) is 0 Å². The van der Waals surface area contributed by atoms with Gasteiger partial charge in [0.05, 0.1) is 4.90 Å². The van der Waals surface area contributed by atoms with Gasteiger partial charge in [-0.1, -0.05) is 43.3 Å². The van der Waals surface area contributed by atoms with E-state index in [9.17, 15) is 13.2 Å². The van der Waals surface area contributed by atoms with Crippen LogP contribution in [-0.2, 0) is 23.1 Å². The van der Waals surface area contributed by atoms with Gasteiger partial charge in [-0.3, -0.25) is 9.69 Å². The molecule has 1 aliphatic heterocycles. The smallest absolute Gasteiger partial charge is 0.251 e. The van der Waals surface area contributed by atoms with Crippen LogP contribution in [0.5, 0.6) is 0 Å². The number of likely N-dealkylation sites (tertiary alicyclic amines) is 1. The molecule has 0 aliphatic carbocycles. The van der Waals surface area contributed by atoms with Crippen molar-refractivity contribution in [3.8, 4) is 0 Å². The topological polar surface area (TPSA) is 78.5 Å². The first-order valence-electron chi connectivity index (χ1n) is 10.7. The van der Waals surface area contributed by atoms with Gasteiger partial charge in [-0.25, -0.2) is 13.1 Å². The highest BCUT2D eigenvalue weighted by Crippen LogP contribution is 2.20. The Hall–Kier alpha value is -2.48. The average Bonchev–Trinajstić information content (AvgIpc) is 2.78. The third-order valence-electron chi connectivity index (χ3n) is 5.65. The van der Waals surface area contributed by atoms with Crippen molar-refractivity contribution in [2.45, 2.75) is 37.8 Å². The van der Waals surface area contributed by atoms with Gasteiger partial charge in [-0.05, 0) is 61.2 Å². The molecule has 1 aliphatic rings. The summed E-state index contributed by atoms with van der Waals surface area (Å²) >= 11 is 0. The summed E-state index contributed by atoms with van der Waals surface area (Å²) in [7, 11) is -3.68. The lowest BCUT2D eigenvalue weighted by atomic mass is 9.98. The van der Waals surface area contributed by atoms with E-state index in [-0.39, 0.29) is 17.3 Å². The summed E-state index contributed by atoms with van der Waals surface area (Å²) in [4.78, 5) is 15.2. The maximum absolute atomic E-state index is 12.7. The molecule has 1 heterocycles. The van der Waals surface area contributed by atoms with Crippen LogP contribution in [0, 0.1) is 5.92 Å². The number of carbonyl (C=O) groups is 1. The number of sulfonamides is 1. The van der Waals surface area contributed by atoms with Gasteiger partial charge in [0.15, 0.2) is 0 Å². The second-order valence-electron chi connectivity index (χ2n) is 8.08. The van der Waals surface area contributed by atoms with Crippen LogP contribution in [0.25, 0.3) is 0 Å². The van der Waals surface area contributed by atoms with Crippen LogP contribution in [0.2, 0.25) is 0 Å². The first-order valence-corrected chi connectivity index (χ1v) is 12.2.